The predicted molar refractivity (Wildman–Crippen MR) is 95.2 cm³/mol. The van der Waals surface area contributed by atoms with Gasteiger partial charge in [0.2, 0.25) is 0 Å². The predicted octanol–water partition coefficient (Wildman–Crippen LogP) is 0.916. The van der Waals surface area contributed by atoms with E-state index in [1.807, 2.05) is 12.1 Å². The summed E-state index contributed by atoms with van der Waals surface area (Å²) in [6.07, 6.45) is 4.25. The summed E-state index contributed by atoms with van der Waals surface area (Å²) in [5, 5.41) is 4.39. The third-order valence-electron chi connectivity index (χ3n) is 4.73. The summed E-state index contributed by atoms with van der Waals surface area (Å²) in [5.74, 6) is 1.43. The van der Waals surface area contributed by atoms with Crippen molar-refractivity contribution in [3.8, 4) is 0 Å². The molecule has 4 heterocycles. The van der Waals surface area contributed by atoms with Gasteiger partial charge in [-0.15, -0.1) is 0 Å². The first-order valence-corrected chi connectivity index (χ1v) is 8.15. The third kappa shape index (κ3) is 2.59. The van der Waals surface area contributed by atoms with E-state index in [1.54, 1.807) is 19.5 Å². The van der Waals surface area contributed by atoms with E-state index in [9.17, 15) is 9.59 Å². The molecule has 1 fully saturated rings. The van der Waals surface area contributed by atoms with Crippen LogP contribution in [-0.2, 0) is 14.1 Å². The van der Waals surface area contributed by atoms with Crippen LogP contribution in [-0.4, -0.2) is 33.2 Å². The fourth-order valence-electron chi connectivity index (χ4n) is 3.31. The minimum atomic E-state index is -0.316. The topological polar surface area (TPSA) is 85.3 Å². The molecule has 130 valence electrons. The van der Waals surface area contributed by atoms with Crippen molar-refractivity contribution in [2.45, 2.75) is 12.5 Å². The summed E-state index contributed by atoms with van der Waals surface area (Å²) >= 11 is 0. The summed E-state index contributed by atoms with van der Waals surface area (Å²) in [6.45, 7) is 1.45. The van der Waals surface area contributed by atoms with Crippen LogP contribution in [0.15, 0.2) is 44.7 Å². The van der Waals surface area contributed by atoms with Crippen LogP contribution >= 0.6 is 0 Å². The Bertz CT molecular complexity index is 1050. The number of aromatic nitrogens is 3. The number of nitrogens with one attached hydrogen (secondary N) is 1. The molecule has 0 radical (unpaired) electrons. The molecule has 0 amide bonds. The van der Waals surface area contributed by atoms with Gasteiger partial charge in [-0.2, -0.15) is 0 Å². The van der Waals surface area contributed by atoms with E-state index in [2.05, 4.69) is 15.2 Å². The van der Waals surface area contributed by atoms with Gasteiger partial charge < -0.3 is 14.6 Å². The molecule has 0 spiro atoms. The maximum absolute atomic E-state index is 12.1. The van der Waals surface area contributed by atoms with Gasteiger partial charge in [0, 0.05) is 45.5 Å². The second kappa shape index (κ2) is 5.80. The Morgan fingerprint density at radius 2 is 2.08 bits per heavy atom. The maximum Gasteiger partial charge on any atom is 0.332 e. The fraction of sp³-hybridized carbons (Fsp3) is 0.353. The van der Waals surface area contributed by atoms with Crippen molar-refractivity contribution in [2.24, 2.45) is 14.1 Å². The molecule has 4 rings (SSSR count). The van der Waals surface area contributed by atoms with Crippen LogP contribution in [0.3, 0.4) is 0 Å². The zero-order valence-electron chi connectivity index (χ0n) is 14.1. The molecule has 8 heteroatoms. The van der Waals surface area contributed by atoms with E-state index in [0.29, 0.717) is 12.4 Å². The molecule has 1 N–H and O–H groups in total. The lowest BCUT2D eigenvalue weighted by Gasteiger charge is -2.21. The Morgan fingerprint density at radius 3 is 2.92 bits per heavy atom. The van der Waals surface area contributed by atoms with Gasteiger partial charge in [0.1, 0.15) is 17.2 Å². The molecule has 3 aromatic heterocycles. The maximum atomic E-state index is 12.1. The summed E-state index contributed by atoms with van der Waals surface area (Å²) in [7, 11) is 3.17. The molecule has 1 atom stereocenters. The Balaban J connectivity index is 1.57. The number of furan rings is 1. The second-order valence-electron chi connectivity index (χ2n) is 6.31. The molecule has 0 unspecified atom stereocenters. The molecule has 0 aliphatic carbocycles. The van der Waals surface area contributed by atoms with Crippen LogP contribution in [0.25, 0.3) is 11.0 Å². The normalized spacial score (nSPS) is 17.4. The SMILES string of the molecule is Cn1c(N2CC[C@H](Nc3nccc4occc34)C2)cc(=O)n(C)c1=O. The lowest BCUT2D eigenvalue weighted by atomic mass is 10.2. The number of rotatable bonds is 3. The minimum Gasteiger partial charge on any atom is -0.464 e. The zero-order chi connectivity index (χ0) is 17.6. The molecule has 1 aliphatic heterocycles. The molecule has 3 aromatic rings. The number of hydrogen-bond donors (Lipinski definition) is 1. The fourth-order valence-corrected chi connectivity index (χ4v) is 3.31. The monoisotopic (exact) mass is 341 g/mol. The van der Waals surface area contributed by atoms with Crippen molar-refractivity contribution in [3.05, 3.63) is 51.5 Å². The van der Waals surface area contributed by atoms with Gasteiger partial charge in [-0.05, 0) is 18.6 Å². The molecular formula is C17H19N5O3. The summed E-state index contributed by atoms with van der Waals surface area (Å²) < 4.78 is 8.02. The van der Waals surface area contributed by atoms with Crippen molar-refractivity contribution < 1.29 is 4.42 Å². The van der Waals surface area contributed by atoms with Gasteiger partial charge in [-0.25, -0.2) is 9.78 Å². The molecule has 0 aromatic carbocycles. The highest BCUT2D eigenvalue weighted by Gasteiger charge is 2.25. The average Bonchev–Trinajstić information content (AvgIpc) is 3.26. The largest absolute Gasteiger partial charge is 0.464 e. The van der Waals surface area contributed by atoms with Crippen LogP contribution in [0.2, 0.25) is 0 Å². The van der Waals surface area contributed by atoms with Gasteiger partial charge in [-0.1, -0.05) is 0 Å². The smallest absolute Gasteiger partial charge is 0.332 e. The molecule has 8 nitrogen and oxygen atoms in total. The van der Waals surface area contributed by atoms with Gasteiger partial charge in [0.25, 0.3) is 5.56 Å². The lowest BCUT2D eigenvalue weighted by molar-refractivity contribution is 0.615. The molecule has 1 aliphatic rings. The van der Waals surface area contributed by atoms with Crippen LogP contribution in [0, 0.1) is 0 Å². The minimum absolute atomic E-state index is 0.173. The highest BCUT2D eigenvalue weighted by molar-refractivity contribution is 5.88. The van der Waals surface area contributed by atoms with E-state index < -0.39 is 0 Å². The van der Waals surface area contributed by atoms with E-state index in [-0.39, 0.29) is 17.3 Å². The first-order valence-electron chi connectivity index (χ1n) is 8.15. The highest BCUT2D eigenvalue weighted by Crippen LogP contribution is 2.25. The molecule has 1 saturated heterocycles. The molecular weight excluding hydrogens is 322 g/mol. The number of fused-ring (bicyclic) bond motifs is 1. The van der Waals surface area contributed by atoms with Crippen LogP contribution in [0.5, 0.6) is 0 Å². The van der Waals surface area contributed by atoms with Crippen molar-refractivity contribution in [1.29, 1.82) is 0 Å². The second-order valence-corrected chi connectivity index (χ2v) is 6.31. The number of hydrogen-bond acceptors (Lipinski definition) is 6. The van der Waals surface area contributed by atoms with Gasteiger partial charge in [0.15, 0.2) is 0 Å². The van der Waals surface area contributed by atoms with Gasteiger partial charge in [-0.3, -0.25) is 13.9 Å². The Morgan fingerprint density at radius 1 is 1.24 bits per heavy atom. The Labute approximate surface area is 143 Å². The molecule has 0 bridgehead atoms. The van der Waals surface area contributed by atoms with E-state index >= 15 is 0 Å². The summed E-state index contributed by atoms with van der Waals surface area (Å²) in [4.78, 5) is 30.5. The standard InChI is InChI=1S/C17H19N5O3/c1-20-14(9-15(23)21(2)17(20)24)22-7-4-11(10-22)19-16-12-5-8-25-13(12)3-6-18-16/h3,5-6,8-9,11H,4,7,10H2,1-2H3,(H,18,19)/t11-/m0/s1. The van der Waals surface area contributed by atoms with Crippen LogP contribution in [0.4, 0.5) is 11.6 Å². The zero-order valence-corrected chi connectivity index (χ0v) is 14.1. The van der Waals surface area contributed by atoms with Crippen LogP contribution < -0.4 is 21.5 Å². The summed E-state index contributed by atoms with van der Waals surface area (Å²) in [5.41, 5.74) is 0.185. The van der Waals surface area contributed by atoms with E-state index in [1.165, 1.54) is 17.7 Å². The van der Waals surface area contributed by atoms with Gasteiger partial charge >= 0.3 is 5.69 Å². The van der Waals surface area contributed by atoms with Crippen molar-refractivity contribution in [1.82, 2.24) is 14.1 Å². The Kier molecular flexibility index (Phi) is 3.60. The Hall–Kier alpha value is -3.03. The quantitative estimate of drug-likeness (QED) is 0.762. The number of nitrogens with zero attached hydrogens (tertiary/aromatic N) is 4. The molecule has 25 heavy (non-hydrogen) atoms. The van der Waals surface area contributed by atoms with Gasteiger partial charge in [0.05, 0.1) is 11.6 Å². The van der Waals surface area contributed by atoms with Crippen molar-refractivity contribution in [3.63, 3.8) is 0 Å². The van der Waals surface area contributed by atoms with Crippen molar-refractivity contribution >= 4 is 22.6 Å². The summed E-state index contributed by atoms with van der Waals surface area (Å²) in [6, 6.07) is 5.41. The number of anilines is 2. The van der Waals surface area contributed by atoms with E-state index in [0.717, 1.165) is 34.3 Å². The first-order chi connectivity index (χ1) is 12.0. The first kappa shape index (κ1) is 15.5. The average molecular weight is 341 g/mol. The molecule has 0 saturated carbocycles. The lowest BCUT2D eigenvalue weighted by Crippen LogP contribution is -2.40. The number of pyridine rings is 1. The highest BCUT2D eigenvalue weighted by atomic mass is 16.3. The van der Waals surface area contributed by atoms with Crippen LogP contribution in [0.1, 0.15) is 6.42 Å². The third-order valence-corrected chi connectivity index (χ3v) is 4.73. The van der Waals surface area contributed by atoms with Crippen molar-refractivity contribution in [2.75, 3.05) is 23.3 Å². The van der Waals surface area contributed by atoms with E-state index in [4.69, 9.17) is 4.42 Å².